The number of aromatic nitrogens is 1. The van der Waals surface area contributed by atoms with Crippen LogP contribution in [0.3, 0.4) is 0 Å². The second-order valence-corrected chi connectivity index (χ2v) is 6.74. The van der Waals surface area contributed by atoms with Gasteiger partial charge < -0.3 is 9.84 Å². The maximum atomic E-state index is 11.0. The van der Waals surface area contributed by atoms with Gasteiger partial charge in [0, 0.05) is 6.07 Å². The number of ether oxygens (including phenoxy) is 1. The summed E-state index contributed by atoms with van der Waals surface area (Å²) in [5.41, 5.74) is 1.02. The van der Waals surface area contributed by atoms with E-state index in [0.29, 0.717) is 22.9 Å². The Hall–Kier alpha value is -1.58. The van der Waals surface area contributed by atoms with Gasteiger partial charge in [-0.1, -0.05) is 20.8 Å². The lowest BCUT2D eigenvalue weighted by Crippen LogP contribution is -2.34. The van der Waals surface area contributed by atoms with Crippen molar-refractivity contribution in [3.8, 4) is 5.88 Å². The van der Waals surface area contributed by atoms with Crippen molar-refractivity contribution in [3.63, 3.8) is 0 Å². The second-order valence-electron chi connectivity index (χ2n) is 6.74. The van der Waals surface area contributed by atoms with E-state index in [1.807, 2.05) is 0 Å². The molecule has 20 heavy (non-hydrogen) atoms. The Bertz CT molecular complexity index is 510. The molecule has 1 N–H and O–H groups in total. The van der Waals surface area contributed by atoms with Crippen molar-refractivity contribution in [2.75, 3.05) is 0 Å². The van der Waals surface area contributed by atoms with Crippen molar-refractivity contribution >= 4 is 5.97 Å². The molecule has 1 aliphatic rings. The minimum atomic E-state index is -0.950. The predicted octanol–water partition coefficient (Wildman–Crippen LogP) is 3.68. The minimum absolute atomic E-state index is 0.163. The van der Waals surface area contributed by atoms with Gasteiger partial charge in [0.2, 0.25) is 5.88 Å². The van der Waals surface area contributed by atoms with Crippen LogP contribution >= 0.6 is 0 Å². The zero-order valence-electron chi connectivity index (χ0n) is 12.6. The van der Waals surface area contributed by atoms with Crippen LogP contribution in [-0.2, 0) is 0 Å². The van der Waals surface area contributed by atoms with Crippen LogP contribution in [0.2, 0.25) is 0 Å². The number of carbonyl (C=O) groups is 1. The van der Waals surface area contributed by atoms with E-state index in [1.54, 1.807) is 19.1 Å². The molecule has 1 saturated carbocycles. The molecule has 1 aliphatic carbocycles. The largest absolute Gasteiger partial charge is 0.478 e. The number of nitrogens with zero attached hydrogens (tertiary/aromatic N) is 1. The van der Waals surface area contributed by atoms with Crippen LogP contribution in [0.15, 0.2) is 12.1 Å². The molecule has 110 valence electrons. The summed E-state index contributed by atoms with van der Waals surface area (Å²) >= 11 is 0. The van der Waals surface area contributed by atoms with E-state index in [9.17, 15) is 4.79 Å². The Labute approximate surface area is 120 Å². The first-order valence-electron chi connectivity index (χ1n) is 7.14. The lowest BCUT2D eigenvalue weighted by Gasteiger charge is -2.38. The predicted molar refractivity (Wildman–Crippen MR) is 77.1 cm³/mol. The van der Waals surface area contributed by atoms with Gasteiger partial charge in [-0.05, 0) is 43.6 Å². The third kappa shape index (κ3) is 3.50. The molecule has 1 aromatic heterocycles. The van der Waals surface area contributed by atoms with E-state index < -0.39 is 5.97 Å². The molecule has 0 saturated heterocycles. The maximum Gasteiger partial charge on any atom is 0.337 e. The summed E-state index contributed by atoms with van der Waals surface area (Å²) in [6.07, 6.45) is 3.43. The molecule has 1 heterocycles. The van der Waals surface area contributed by atoms with E-state index in [0.717, 1.165) is 12.8 Å². The summed E-state index contributed by atoms with van der Waals surface area (Å²) in [5.74, 6) is 0.222. The van der Waals surface area contributed by atoms with Gasteiger partial charge in [0.15, 0.2) is 0 Å². The summed E-state index contributed by atoms with van der Waals surface area (Å²) in [5, 5.41) is 9.00. The highest BCUT2D eigenvalue weighted by Crippen LogP contribution is 2.39. The highest BCUT2D eigenvalue weighted by atomic mass is 16.5. The number of carboxylic acids is 1. The van der Waals surface area contributed by atoms with Crippen molar-refractivity contribution < 1.29 is 14.6 Å². The lowest BCUT2D eigenvalue weighted by molar-refractivity contribution is 0.0531. The van der Waals surface area contributed by atoms with Crippen LogP contribution in [0.25, 0.3) is 0 Å². The van der Waals surface area contributed by atoms with Gasteiger partial charge in [-0.25, -0.2) is 9.78 Å². The second kappa shape index (κ2) is 5.43. The third-order valence-corrected chi connectivity index (χ3v) is 3.92. The fourth-order valence-corrected chi connectivity index (χ4v) is 3.35. The zero-order valence-corrected chi connectivity index (χ0v) is 12.6. The van der Waals surface area contributed by atoms with Crippen LogP contribution < -0.4 is 4.74 Å². The highest BCUT2D eigenvalue weighted by molar-refractivity contribution is 5.88. The molecule has 0 bridgehead atoms. The monoisotopic (exact) mass is 277 g/mol. The number of carboxylic acid groups (broad SMARTS) is 1. The molecule has 0 radical (unpaired) electrons. The third-order valence-electron chi connectivity index (χ3n) is 3.92. The van der Waals surface area contributed by atoms with Gasteiger partial charge in [0.1, 0.15) is 6.10 Å². The fourth-order valence-electron chi connectivity index (χ4n) is 3.35. The number of pyridine rings is 1. The van der Waals surface area contributed by atoms with Crippen molar-refractivity contribution in [3.05, 3.63) is 23.4 Å². The van der Waals surface area contributed by atoms with Crippen molar-refractivity contribution in [1.82, 2.24) is 4.98 Å². The molecule has 0 amide bonds. The average molecular weight is 277 g/mol. The Balaban J connectivity index is 2.10. The maximum absolute atomic E-state index is 11.0. The number of hydrogen-bond donors (Lipinski definition) is 1. The van der Waals surface area contributed by atoms with Crippen molar-refractivity contribution in [2.45, 2.75) is 53.1 Å². The molecule has 2 rings (SSSR count). The van der Waals surface area contributed by atoms with Crippen LogP contribution in [0, 0.1) is 18.3 Å². The van der Waals surface area contributed by atoms with Crippen LogP contribution in [0.4, 0.5) is 0 Å². The standard InChI is InChI=1S/C16H23NO3/c1-10-7-12(9-16(3,4)8-10)20-14-6-5-13(15(18)19)11(2)17-14/h5-6,10,12H,7-9H2,1-4H3,(H,18,19). The Morgan fingerprint density at radius 3 is 2.65 bits per heavy atom. The summed E-state index contributed by atoms with van der Waals surface area (Å²) < 4.78 is 5.97. The van der Waals surface area contributed by atoms with Gasteiger partial charge >= 0.3 is 5.97 Å². The number of aryl methyl sites for hydroxylation is 1. The zero-order chi connectivity index (χ0) is 14.9. The summed E-state index contributed by atoms with van der Waals surface area (Å²) in [4.78, 5) is 15.2. The Kier molecular flexibility index (Phi) is 4.02. The van der Waals surface area contributed by atoms with E-state index in [4.69, 9.17) is 9.84 Å². The van der Waals surface area contributed by atoms with E-state index in [2.05, 4.69) is 25.8 Å². The van der Waals surface area contributed by atoms with Gasteiger partial charge in [-0.3, -0.25) is 0 Å². The fraction of sp³-hybridized carbons (Fsp3) is 0.625. The first-order valence-corrected chi connectivity index (χ1v) is 7.14. The Morgan fingerprint density at radius 2 is 2.10 bits per heavy atom. The molecular weight excluding hydrogens is 254 g/mol. The SMILES string of the molecule is Cc1nc(OC2CC(C)CC(C)(C)C2)ccc1C(=O)O. The highest BCUT2D eigenvalue weighted by Gasteiger charge is 2.33. The summed E-state index contributed by atoms with van der Waals surface area (Å²) in [6.45, 7) is 8.49. The topological polar surface area (TPSA) is 59.4 Å². The minimum Gasteiger partial charge on any atom is -0.478 e. The molecule has 0 spiro atoms. The lowest BCUT2D eigenvalue weighted by atomic mass is 9.71. The normalized spacial score (nSPS) is 25.2. The number of rotatable bonds is 3. The van der Waals surface area contributed by atoms with E-state index >= 15 is 0 Å². The Morgan fingerprint density at radius 1 is 1.40 bits per heavy atom. The molecule has 1 aromatic rings. The van der Waals surface area contributed by atoms with Crippen LogP contribution in [0.1, 0.15) is 56.1 Å². The van der Waals surface area contributed by atoms with Crippen molar-refractivity contribution in [2.24, 2.45) is 11.3 Å². The van der Waals surface area contributed by atoms with E-state index in [1.165, 1.54) is 6.42 Å². The summed E-state index contributed by atoms with van der Waals surface area (Å²) in [7, 11) is 0. The molecule has 0 aliphatic heterocycles. The number of aromatic carboxylic acids is 1. The molecule has 0 aromatic carbocycles. The van der Waals surface area contributed by atoms with Crippen LogP contribution in [-0.4, -0.2) is 22.2 Å². The number of hydrogen-bond acceptors (Lipinski definition) is 3. The average Bonchev–Trinajstić information content (AvgIpc) is 2.25. The van der Waals surface area contributed by atoms with Gasteiger partial charge in [0.25, 0.3) is 0 Å². The first-order chi connectivity index (χ1) is 9.27. The molecule has 2 atom stereocenters. The molecule has 1 fully saturated rings. The van der Waals surface area contributed by atoms with Crippen LogP contribution in [0.5, 0.6) is 5.88 Å². The first kappa shape index (κ1) is 14.8. The van der Waals surface area contributed by atoms with E-state index in [-0.39, 0.29) is 11.7 Å². The van der Waals surface area contributed by atoms with Gasteiger partial charge in [-0.15, -0.1) is 0 Å². The molecule has 2 unspecified atom stereocenters. The van der Waals surface area contributed by atoms with Crippen molar-refractivity contribution in [1.29, 1.82) is 0 Å². The quantitative estimate of drug-likeness (QED) is 0.915. The van der Waals surface area contributed by atoms with Gasteiger partial charge in [-0.2, -0.15) is 0 Å². The smallest absolute Gasteiger partial charge is 0.337 e. The van der Waals surface area contributed by atoms with Gasteiger partial charge in [0.05, 0.1) is 11.3 Å². The molecular formula is C16H23NO3. The summed E-state index contributed by atoms with van der Waals surface area (Å²) in [6, 6.07) is 3.22. The molecule has 4 heteroatoms. The molecule has 4 nitrogen and oxygen atoms in total.